The van der Waals surface area contributed by atoms with Gasteiger partial charge in [-0.05, 0) is 29.3 Å². The van der Waals surface area contributed by atoms with Crippen molar-refractivity contribution in [3.8, 4) is 6.07 Å². The number of esters is 1. The van der Waals surface area contributed by atoms with Gasteiger partial charge in [-0.15, -0.1) is 0 Å². The number of hydrogen-bond donors (Lipinski definition) is 0. The van der Waals surface area contributed by atoms with Gasteiger partial charge in [-0.2, -0.15) is 5.26 Å². The summed E-state index contributed by atoms with van der Waals surface area (Å²) in [6.07, 6.45) is 1.52. The van der Waals surface area contributed by atoms with Crippen molar-refractivity contribution in [2.24, 2.45) is 0 Å². The lowest BCUT2D eigenvalue weighted by Gasteiger charge is -2.04. The molecular weight excluding hydrogens is 330 g/mol. The Morgan fingerprint density at radius 2 is 1.95 bits per heavy atom. The maximum Gasteiger partial charge on any atom is 0.349 e. The second kappa shape index (κ2) is 7.41. The van der Waals surface area contributed by atoms with Crippen LogP contribution >= 0.6 is 15.9 Å². The Hall–Kier alpha value is -2.38. The van der Waals surface area contributed by atoms with Gasteiger partial charge in [0.25, 0.3) is 0 Å². The van der Waals surface area contributed by atoms with Gasteiger partial charge < -0.3 is 4.74 Å². The Kier molecular flexibility index (Phi) is 5.30. The first-order valence-corrected chi connectivity index (χ1v) is 7.07. The molecule has 4 heteroatoms. The normalized spacial score (nSPS) is 10.8. The highest BCUT2D eigenvalue weighted by molar-refractivity contribution is 9.10. The van der Waals surface area contributed by atoms with Crippen molar-refractivity contribution >= 4 is 28.0 Å². The van der Waals surface area contributed by atoms with Crippen LogP contribution in [0.2, 0.25) is 0 Å². The van der Waals surface area contributed by atoms with Gasteiger partial charge in [0.2, 0.25) is 0 Å². The highest BCUT2D eigenvalue weighted by Gasteiger charge is 2.10. The molecule has 0 amide bonds. The molecule has 3 nitrogen and oxygen atoms in total. The average molecular weight is 342 g/mol. The lowest BCUT2D eigenvalue weighted by molar-refractivity contribution is -0.139. The molecule has 0 fully saturated rings. The van der Waals surface area contributed by atoms with Gasteiger partial charge in [-0.3, -0.25) is 0 Å². The second-order valence-electron chi connectivity index (χ2n) is 4.29. The fourth-order valence-corrected chi connectivity index (χ4v) is 2.15. The third kappa shape index (κ3) is 4.59. The Labute approximate surface area is 131 Å². The molecule has 0 bridgehead atoms. The monoisotopic (exact) mass is 341 g/mol. The molecule has 0 saturated carbocycles. The van der Waals surface area contributed by atoms with Gasteiger partial charge >= 0.3 is 5.97 Å². The van der Waals surface area contributed by atoms with Crippen molar-refractivity contribution in [3.63, 3.8) is 0 Å². The van der Waals surface area contributed by atoms with Crippen LogP contribution in [0.4, 0.5) is 0 Å². The first-order valence-electron chi connectivity index (χ1n) is 6.27. The SMILES string of the molecule is N#CC(=Cc1ccccc1)C(=O)OCc1cccc(Br)c1. The van der Waals surface area contributed by atoms with E-state index in [2.05, 4.69) is 15.9 Å². The summed E-state index contributed by atoms with van der Waals surface area (Å²) in [5, 5.41) is 9.07. The predicted molar refractivity (Wildman–Crippen MR) is 84.0 cm³/mol. The van der Waals surface area contributed by atoms with Crippen LogP contribution < -0.4 is 0 Å². The quantitative estimate of drug-likeness (QED) is 0.478. The van der Waals surface area contributed by atoms with Gasteiger partial charge in [-0.1, -0.05) is 58.4 Å². The molecule has 21 heavy (non-hydrogen) atoms. The van der Waals surface area contributed by atoms with Gasteiger partial charge in [0.05, 0.1) is 0 Å². The Morgan fingerprint density at radius 1 is 1.19 bits per heavy atom. The summed E-state index contributed by atoms with van der Waals surface area (Å²) in [5.74, 6) is -0.624. The first kappa shape index (κ1) is 15.0. The van der Waals surface area contributed by atoms with Crippen LogP contribution in [0.25, 0.3) is 6.08 Å². The molecule has 0 aromatic heterocycles. The highest BCUT2D eigenvalue weighted by Crippen LogP contribution is 2.13. The number of ether oxygens (including phenoxy) is 1. The summed E-state index contributed by atoms with van der Waals surface area (Å²) in [6.45, 7) is 0.131. The van der Waals surface area contributed by atoms with Crippen LogP contribution in [-0.4, -0.2) is 5.97 Å². The van der Waals surface area contributed by atoms with Crippen molar-refractivity contribution in [1.29, 1.82) is 5.26 Å². The number of benzene rings is 2. The lowest BCUT2D eigenvalue weighted by Crippen LogP contribution is -2.06. The molecule has 0 aliphatic heterocycles. The molecule has 0 radical (unpaired) electrons. The van der Waals surface area contributed by atoms with Crippen LogP contribution in [0.5, 0.6) is 0 Å². The van der Waals surface area contributed by atoms with Crippen LogP contribution in [0.3, 0.4) is 0 Å². The van der Waals surface area contributed by atoms with Crippen LogP contribution in [0.15, 0.2) is 64.6 Å². The van der Waals surface area contributed by atoms with Gasteiger partial charge in [0.1, 0.15) is 18.2 Å². The molecular formula is C17H12BrNO2. The minimum absolute atomic E-state index is 0.0174. The van der Waals surface area contributed by atoms with E-state index in [-0.39, 0.29) is 12.2 Å². The topological polar surface area (TPSA) is 50.1 Å². The molecule has 2 aromatic rings. The lowest BCUT2D eigenvalue weighted by atomic mass is 10.1. The molecule has 0 heterocycles. The van der Waals surface area contributed by atoms with Gasteiger partial charge in [0.15, 0.2) is 0 Å². The number of halogens is 1. The number of nitrogens with zero attached hydrogens (tertiary/aromatic N) is 1. The molecule has 0 unspecified atom stereocenters. The van der Waals surface area contributed by atoms with Crippen LogP contribution in [0, 0.1) is 11.3 Å². The number of nitriles is 1. The van der Waals surface area contributed by atoms with Crippen molar-refractivity contribution < 1.29 is 9.53 Å². The summed E-state index contributed by atoms with van der Waals surface area (Å²) >= 11 is 3.35. The molecule has 0 aliphatic rings. The third-order valence-electron chi connectivity index (χ3n) is 2.71. The fourth-order valence-electron chi connectivity index (χ4n) is 1.71. The minimum atomic E-state index is -0.624. The number of hydrogen-bond acceptors (Lipinski definition) is 3. The summed E-state index contributed by atoms with van der Waals surface area (Å²) in [4.78, 5) is 11.9. The maximum atomic E-state index is 11.9. The summed E-state index contributed by atoms with van der Waals surface area (Å²) in [6, 6.07) is 18.5. The Morgan fingerprint density at radius 3 is 2.62 bits per heavy atom. The number of rotatable bonds is 4. The average Bonchev–Trinajstić information content (AvgIpc) is 2.51. The van der Waals surface area contributed by atoms with E-state index in [9.17, 15) is 4.79 Å². The van der Waals surface area contributed by atoms with Crippen LogP contribution in [-0.2, 0) is 16.1 Å². The molecule has 0 N–H and O–H groups in total. The third-order valence-corrected chi connectivity index (χ3v) is 3.20. The van der Waals surface area contributed by atoms with E-state index in [1.165, 1.54) is 6.08 Å². The molecule has 2 rings (SSSR count). The van der Waals surface area contributed by atoms with Crippen molar-refractivity contribution in [3.05, 3.63) is 75.8 Å². The van der Waals surface area contributed by atoms with Crippen molar-refractivity contribution in [2.45, 2.75) is 6.61 Å². The van der Waals surface area contributed by atoms with Crippen molar-refractivity contribution in [1.82, 2.24) is 0 Å². The van der Waals surface area contributed by atoms with E-state index in [4.69, 9.17) is 10.00 Å². The molecule has 0 aliphatic carbocycles. The molecule has 0 atom stereocenters. The smallest absolute Gasteiger partial charge is 0.349 e. The zero-order chi connectivity index (χ0) is 15.1. The Bertz CT molecular complexity index is 702. The summed E-state index contributed by atoms with van der Waals surface area (Å²) in [5.41, 5.74) is 1.62. The standard InChI is InChI=1S/C17H12BrNO2/c18-16-8-4-7-14(10-16)12-21-17(20)15(11-19)9-13-5-2-1-3-6-13/h1-10H,12H2. The summed E-state index contributed by atoms with van der Waals surface area (Å²) < 4.78 is 6.07. The van der Waals surface area contributed by atoms with Crippen LogP contribution in [0.1, 0.15) is 11.1 Å². The Balaban J connectivity index is 2.05. The van der Waals surface area contributed by atoms with E-state index in [1.807, 2.05) is 60.7 Å². The van der Waals surface area contributed by atoms with Crippen molar-refractivity contribution in [2.75, 3.05) is 0 Å². The highest BCUT2D eigenvalue weighted by atomic mass is 79.9. The zero-order valence-corrected chi connectivity index (χ0v) is 12.7. The largest absolute Gasteiger partial charge is 0.457 e. The number of carbonyl (C=O) groups is 1. The van der Waals surface area contributed by atoms with Gasteiger partial charge in [-0.25, -0.2) is 4.79 Å². The van der Waals surface area contributed by atoms with E-state index in [1.54, 1.807) is 0 Å². The maximum absolute atomic E-state index is 11.9. The summed E-state index contributed by atoms with van der Waals surface area (Å²) in [7, 11) is 0. The van der Waals surface area contributed by atoms with E-state index in [0.717, 1.165) is 15.6 Å². The molecule has 104 valence electrons. The molecule has 0 saturated heterocycles. The molecule has 0 spiro atoms. The van der Waals surface area contributed by atoms with E-state index in [0.29, 0.717) is 0 Å². The predicted octanol–water partition coefficient (Wildman–Crippen LogP) is 4.10. The van der Waals surface area contributed by atoms with E-state index >= 15 is 0 Å². The fraction of sp³-hybridized carbons (Fsp3) is 0.0588. The first-order chi connectivity index (χ1) is 10.2. The van der Waals surface area contributed by atoms with E-state index < -0.39 is 5.97 Å². The second-order valence-corrected chi connectivity index (χ2v) is 5.20. The van der Waals surface area contributed by atoms with Gasteiger partial charge in [0, 0.05) is 4.47 Å². The zero-order valence-electron chi connectivity index (χ0n) is 11.1. The number of carbonyl (C=O) groups excluding carboxylic acids is 1. The minimum Gasteiger partial charge on any atom is -0.457 e. The molecule has 2 aromatic carbocycles.